The quantitative estimate of drug-likeness (QED) is 0.727. The molecule has 104 valence electrons. The Bertz CT molecular complexity index is 441. The van der Waals surface area contributed by atoms with Crippen molar-refractivity contribution in [2.45, 2.75) is 45.4 Å². The van der Waals surface area contributed by atoms with E-state index in [4.69, 9.17) is 4.74 Å². The molecule has 2 rings (SSSR count). The molecule has 1 aliphatic carbocycles. The normalized spacial score (nSPS) is 14.2. The topological polar surface area (TPSA) is 47.0 Å². The summed E-state index contributed by atoms with van der Waals surface area (Å²) < 4.78 is 5.70. The van der Waals surface area contributed by atoms with Crippen LogP contribution in [0.3, 0.4) is 0 Å². The summed E-state index contributed by atoms with van der Waals surface area (Å²) in [6.07, 6.45) is 4.33. The molecular formula is C15H23N3O. The number of hydrogen-bond donors (Lipinski definition) is 1. The lowest BCUT2D eigenvalue weighted by Gasteiger charge is -2.10. The van der Waals surface area contributed by atoms with Crippen LogP contribution in [0, 0.1) is 0 Å². The highest BCUT2D eigenvalue weighted by atomic mass is 16.5. The Labute approximate surface area is 115 Å². The fourth-order valence-electron chi connectivity index (χ4n) is 1.71. The van der Waals surface area contributed by atoms with E-state index in [2.05, 4.69) is 28.8 Å². The average Bonchev–Trinajstić information content (AvgIpc) is 3.20. The Morgan fingerprint density at radius 3 is 2.89 bits per heavy atom. The zero-order chi connectivity index (χ0) is 13.7. The fourth-order valence-corrected chi connectivity index (χ4v) is 1.71. The summed E-state index contributed by atoms with van der Waals surface area (Å²) in [5.74, 6) is 3.01. The number of aromatic nitrogens is 2. The first-order chi connectivity index (χ1) is 9.19. The maximum absolute atomic E-state index is 5.70. The number of ether oxygens (including phenoxy) is 1. The summed E-state index contributed by atoms with van der Waals surface area (Å²) in [6, 6.07) is 1.89. The van der Waals surface area contributed by atoms with Gasteiger partial charge in [-0.3, -0.25) is 0 Å². The number of anilines is 1. The van der Waals surface area contributed by atoms with Gasteiger partial charge in [-0.15, -0.1) is 6.58 Å². The SMILES string of the molecule is C=C(C)CCOc1cc(NCCC)nc(C2CC2)n1. The van der Waals surface area contributed by atoms with Gasteiger partial charge in [0.15, 0.2) is 0 Å². The van der Waals surface area contributed by atoms with Crippen molar-refractivity contribution in [1.82, 2.24) is 9.97 Å². The second-order valence-electron chi connectivity index (χ2n) is 5.21. The van der Waals surface area contributed by atoms with Gasteiger partial charge in [-0.1, -0.05) is 12.5 Å². The minimum Gasteiger partial charge on any atom is -0.477 e. The standard InChI is InChI=1S/C15H23N3O/c1-4-8-16-13-10-14(19-9-7-11(2)3)18-15(17-13)12-5-6-12/h10,12H,2,4-9H2,1,3H3,(H,16,17,18). The van der Waals surface area contributed by atoms with Crippen LogP contribution in [-0.4, -0.2) is 23.1 Å². The first-order valence-corrected chi connectivity index (χ1v) is 7.09. The van der Waals surface area contributed by atoms with E-state index < -0.39 is 0 Å². The van der Waals surface area contributed by atoms with Gasteiger partial charge in [-0.25, -0.2) is 4.98 Å². The van der Waals surface area contributed by atoms with Crippen LogP contribution in [0.4, 0.5) is 5.82 Å². The second-order valence-corrected chi connectivity index (χ2v) is 5.21. The van der Waals surface area contributed by atoms with Crippen LogP contribution in [0.2, 0.25) is 0 Å². The van der Waals surface area contributed by atoms with Gasteiger partial charge in [0.25, 0.3) is 0 Å². The summed E-state index contributed by atoms with van der Waals surface area (Å²) in [6.45, 7) is 9.57. The largest absolute Gasteiger partial charge is 0.477 e. The highest BCUT2D eigenvalue weighted by molar-refractivity contribution is 5.39. The van der Waals surface area contributed by atoms with Crippen LogP contribution in [0.15, 0.2) is 18.2 Å². The lowest BCUT2D eigenvalue weighted by atomic mass is 10.3. The monoisotopic (exact) mass is 261 g/mol. The first kappa shape index (κ1) is 13.8. The van der Waals surface area contributed by atoms with E-state index in [0.29, 0.717) is 18.4 Å². The van der Waals surface area contributed by atoms with Crippen LogP contribution in [-0.2, 0) is 0 Å². The highest BCUT2D eigenvalue weighted by Gasteiger charge is 2.27. The molecule has 1 aromatic rings. The molecule has 1 aromatic heterocycles. The van der Waals surface area contributed by atoms with Crippen LogP contribution >= 0.6 is 0 Å². The Hall–Kier alpha value is -1.58. The third-order valence-corrected chi connectivity index (χ3v) is 3.00. The van der Waals surface area contributed by atoms with E-state index in [1.54, 1.807) is 0 Å². The number of rotatable bonds is 8. The molecule has 0 radical (unpaired) electrons. The number of nitrogens with one attached hydrogen (secondary N) is 1. The van der Waals surface area contributed by atoms with Gasteiger partial charge in [0, 0.05) is 24.9 Å². The van der Waals surface area contributed by atoms with Crippen molar-refractivity contribution in [3.8, 4) is 5.88 Å². The molecule has 0 saturated heterocycles. The zero-order valence-corrected chi connectivity index (χ0v) is 11.9. The minimum atomic E-state index is 0.534. The minimum absolute atomic E-state index is 0.534. The highest BCUT2D eigenvalue weighted by Crippen LogP contribution is 2.39. The molecule has 0 bridgehead atoms. The average molecular weight is 261 g/mol. The molecule has 0 atom stereocenters. The van der Waals surface area contributed by atoms with Gasteiger partial charge in [-0.2, -0.15) is 4.98 Å². The van der Waals surface area contributed by atoms with Crippen molar-refractivity contribution in [1.29, 1.82) is 0 Å². The molecule has 1 heterocycles. The molecule has 4 heteroatoms. The van der Waals surface area contributed by atoms with E-state index in [1.165, 1.54) is 12.8 Å². The van der Waals surface area contributed by atoms with E-state index in [0.717, 1.165) is 36.6 Å². The summed E-state index contributed by atoms with van der Waals surface area (Å²) in [4.78, 5) is 9.05. The smallest absolute Gasteiger partial charge is 0.218 e. The molecule has 0 spiro atoms. The predicted octanol–water partition coefficient (Wildman–Crippen LogP) is 3.52. The van der Waals surface area contributed by atoms with E-state index in [9.17, 15) is 0 Å². The molecule has 0 amide bonds. The maximum atomic E-state index is 5.70. The molecule has 1 aliphatic rings. The first-order valence-electron chi connectivity index (χ1n) is 7.09. The lowest BCUT2D eigenvalue weighted by molar-refractivity contribution is 0.308. The van der Waals surface area contributed by atoms with Crippen LogP contribution < -0.4 is 10.1 Å². The fraction of sp³-hybridized carbons (Fsp3) is 0.600. The molecule has 0 aliphatic heterocycles. The van der Waals surface area contributed by atoms with Crippen molar-refractivity contribution in [2.75, 3.05) is 18.5 Å². The van der Waals surface area contributed by atoms with Crippen molar-refractivity contribution in [3.63, 3.8) is 0 Å². The van der Waals surface area contributed by atoms with E-state index in [1.807, 2.05) is 13.0 Å². The summed E-state index contributed by atoms with van der Waals surface area (Å²) in [7, 11) is 0. The Balaban J connectivity index is 2.02. The molecule has 0 unspecified atom stereocenters. The van der Waals surface area contributed by atoms with Gasteiger partial charge in [-0.05, 0) is 26.2 Å². The summed E-state index contributed by atoms with van der Waals surface area (Å²) in [5, 5.41) is 3.31. The van der Waals surface area contributed by atoms with Crippen LogP contribution in [0.1, 0.15) is 51.3 Å². The third kappa shape index (κ3) is 4.54. The van der Waals surface area contributed by atoms with Crippen molar-refractivity contribution in [2.24, 2.45) is 0 Å². The Morgan fingerprint density at radius 1 is 1.47 bits per heavy atom. The maximum Gasteiger partial charge on any atom is 0.218 e. The van der Waals surface area contributed by atoms with E-state index in [-0.39, 0.29) is 0 Å². The zero-order valence-electron chi connectivity index (χ0n) is 11.9. The van der Waals surface area contributed by atoms with Crippen molar-refractivity contribution >= 4 is 5.82 Å². The summed E-state index contributed by atoms with van der Waals surface area (Å²) in [5.41, 5.74) is 1.13. The van der Waals surface area contributed by atoms with Crippen LogP contribution in [0.5, 0.6) is 5.88 Å². The van der Waals surface area contributed by atoms with E-state index >= 15 is 0 Å². The van der Waals surface area contributed by atoms with Gasteiger partial charge in [0.05, 0.1) is 6.61 Å². The molecule has 4 nitrogen and oxygen atoms in total. The Kier molecular flexibility index (Phi) is 4.77. The molecule has 1 saturated carbocycles. The predicted molar refractivity (Wildman–Crippen MR) is 77.7 cm³/mol. The molecular weight excluding hydrogens is 238 g/mol. The summed E-state index contributed by atoms with van der Waals surface area (Å²) >= 11 is 0. The third-order valence-electron chi connectivity index (χ3n) is 3.00. The number of nitrogens with zero attached hydrogens (tertiary/aromatic N) is 2. The van der Waals surface area contributed by atoms with Crippen LogP contribution in [0.25, 0.3) is 0 Å². The molecule has 19 heavy (non-hydrogen) atoms. The Morgan fingerprint density at radius 2 is 2.26 bits per heavy atom. The molecule has 1 N–H and O–H groups in total. The molecule has 1 fully saturated rings. The van der Waals surface area contributed by atoms with Gasteiger partial charge in [0.1, 0.15) is 11.6 Å². The van der Waals surface area contributed by atoms with Crippen molar-refractivity contribution < 1.29 is 4.74 Å². The lowest BCUT2D eigenvalue weighted by Crippen LogP contribution is -2.07. The van der Waals surface area contributed by atoms with Gasteiger partial charge in [0.2, 0.25) is 5.88 Å². The number of hydrogen-bond acceptors (Lipinski definition) is 4. The molecule has 0 aromatic carbocycles. The van der Waals surface area contributed by atoms with Gasteiger partial charge >= 0.3 is 0 Å². The second kappa shape index (κ2) is 6.55. The van der Waals surface area contributed by atoms with Gasteiger partial charge < -0.3 is 10.1 Å². The van der Waals surface area contributed by atoms with Crippen molar-refractivity contribution in [3.05, 3.63) is 24.0 Å².